The lowest BCUT2D eigenvalue weighted by Crippen LogP contribution is -2.41. The van der Waals surface area contributed by atoms with Crippen LogP contribution in [0.5, 0.6) is 0 Å². The van der Waals surface area contributed by atoms with Crippen LogP contribution in [0.2, 0.25) is 0 Å². The fourth-order valence-electron chi connectivity index (χ4n) is 2.68. The number of carbonyl (C=O) groups excluding carboxylic acids is 1. The first-order chi connectivity index (χ1) is 9.11. The Morgan fingerprint density at radius 2 is 2.11 bits per heavy atom. The molecular formula is C15H16N2O2. The van der Waals surface area contributed by atoms with Crippen molar-refractivity contribution < 1.29 is 9.53 Å². The van der Waals surface area contributed by atoms with Gasteiger partial charge in [-0.25, -0.2) is 9.78 Å². The number of primary amides is 1. The van der Waals surface area contributed by atoms with Gasteiger partial charge in [0.2, 0.25) is 0 Å². The maximum atomic E-state index is 11.1. The summed E-state index contributed by atoms with van der Waals surface area (Å²) in [6, 6.07) is 9.98. The fourth-order valence-corrected chi connectivity index (χ4v) is 2.68. The summed E-state index contributed by atoms with van der Waals surface area (Å²) >= 11 is 0. The van der Waals surface area contributed by atoms with E-state index in [0.29, 0.717) is 0 Å². The molecular weight excluding hydrogens is 240 g/mol. The van der Waals surface area contributed by atoms with Gasteiger partial charge in [-0.3, -0.25) is 0 Å². The molecule has 19 heavy (non-hydrogen) atoms. The lowest BCUT2D eigenvalue weighted by Gasteiger charge is -2.40. The first-order valence-electron chi connectivity index (χ1n) is 6.46. The van der Waals surface area contributed by atoms with Gasteiger partial charge in [0.05, 0.1) is 11.2 Å². The molecule has 1 aliphatic rings. The smallest absolute Gasteiger partial charge is 0.405 e. The van der Waals surface area contributed by atoms with Crippen LogP contribution in [0.4, 0.5) is 4.79 Å². The molecule has 0 saturated heterocycles. The van der Waals surface area contributed by atoms with E-state index in [0.717, 1.165) is 41.4 Å². The molecule has 1 aliphatic carbocycles. The van der Waals surface area contributed by atoms with E-state index in [2.05, 4.69) is 4.98 Å². The van der Waals surface area contributed by atoms with Crippen molar-refractivity contribution in [3.63, 3.8) is 0 Å². The summed E-state index contributed by atoms with van der Waals surface area (Å²) in [5.41, 5.74) is 7.46. The molecule has 4 nitrogen and oxygen atoms in total. The molecule has 3 rings (SSSR count). The lowest BCUT2D eigenvalue weighted by molar-refractivity contribution is -0.0521. The van der Waals surface area contributed by atoms with Crippen LogP contribution in [0.3, 0.4) is 0 Å². The molecule has 98 valence electrons. The van der Waals surface area contributed by atoms with E-state index in [1.165, 1.54) is 0 Å². The van der Waals surface area contributed by atoms with Gasteiger partial charge in [-0.1, -0.05) is 18.2 Å². The van der Waals surface area contributed by atoms with Crippen LogP contribution in [-0.4, -0.2) is 11.1 Å². The van der Waals surface area contributed by atoms with E-state index in [1.54, 1.807) is 0 Å². The zero-order valence-electron chi connectivity index (χ0n) is 10.8. The number of carbonyl (C=O) groups is 1. The Hall–Kier alpha value is -2.10. The molecule has 1 aromatic carbocycles. The largest absolute Gasteiger partial charge is 0.437 e. The number of hydrogen-bond donors (Lipinski definition) is 1. The van der Waals surface area contributed by atoms with Gasteiger partial charge in [0.25, 0.3) is 0 Å². The predicted molar refractivity (Wildman–Crippen MR) is 72.7 cm³/mol. The fraction of sp³-hybridized carbons (Fsp3) is 0.333. The van der Waals surface area contributed by atoms with Crippen molar-refractivity contribution in [2.45, 2.75) is 31.8 Å². The van der Waals surface area contributed by atoms with Gasteiger partial charge in [-0.2, -0.15) is 0 Å². The van der Waals surface area contributed by atoms with Gasteiger partial charge in [-0.05, 0) is 43.9 Å². The Labute approximate surface area is 111 Å². The average Bonchev–Trinajstić information content (AvgIpc) is 2.33. The molecule has 0 aliphatic heterocycles. The van der Waals surface area contributed by atoms with Crippen LogP contribution < -0.4 is 5.73 Å². The summed E-state index contributed by atoms with van der Waals surface area (Å²) < 4.78 is 5.34. The van der Waals surface area contributed by atoms with Crippen molar-refractivity contribution in [1.29, 1.82) is 0 Å². The molecule has 2 N–H and O–H groups in total. The monoisotopic (exact) mass is 256 g/mol. The number of ether oxygens (including phenoxy) is 1. The molecule has 1 amide bonds. The first-order valence-corrected chi connectivity index (χ1v) is 6.46. The quantitative estimate of drug-likeness (QED) is 0.898. The van der Waals surface area contributed by atoms with Crippen LogP contribution >= 0.6 is 0 Å². The van der Waals surface area contributed by atoms with E-state index < -0.39 is 11.7 Å². The number of nitrogens with two attached hydrogens (primary N) is 1. The first kappa shape index (κ1) is 12.0. The molecule has 0 unspecified atom stereocenters. The van der Waals surface area contributed by atoms with Crippen molar-refractivity contribution in [3.05, 3.63) is 41.6 Å². The normalized spacial score (nSPS) is 16.9. The number of fused-ring (bicyclic) bond motifs is 1. The lowest BCUT2D eigenvalue weighted by atomic mass is 9.76. The molecule has 0 radical (unpaired) electrons. The highest BCUT2D eigenvalue weighted by Crippen LogP contribution is 2.44. The Kier molecular flexibility index (Phi) is 2.66. The van der Waals surface area contributed by atoms with Crippen LogP contribution in [0, 0.1) is 6.92 Å². The SMILES string of the molecule is Cc1cc(C2(OC(N)=O)CCC2)nc2ccccc12. The van der Waals surface area contributed by atoms with E-state index in [1.807, 2.05) is 37.3 Å². The van der Waals surface area contributed by atoms with Crippen LogP contribution in [0.25, 0.3) is 10.9 Å². The highest BCUT2D eigenvalue weighted by molar-refractivity contribution is 5.82. The van der Waals surface area contributed by atoms with Crippen molar-refractivity contribution in [2.75, 3.05) is 0 Å². The van der Waals surface area contributed by atoms with E-state index in [9.17, 15) is 4.79 Å². The van der Waals surface area contributed by atoms with E-state index >= 15 is 0 Å². The van der Waals surface area contributed by atoms with Crippen molar-refractivity contribution in [2.24, 2.45) is 5.73 Å². The van der Waals surface area contributed by atoms with Crippen LogP contribution in [-0.2, 0) is 10.3 Å². The average molecular weight is 256 g/mol. The second-order valence-electron chi connectivity index (χ2n) is 5.11. The Balaban J connectivity index is 2.12. The summed E-state index contributed by atoms with van der Waals surface area (Å²) in [5.74, 6) is 0. The molecule has 0 bridgehead atoms. The molecule has 1 aromatic heterocycles. The minimum absolute atomic E-state index is 0.610. The number of amides is 1. The van der Waals surface area contributed by atoms with Crippen LogP contribution in [0.1, 0.15) is 30.5 Å². The van der Waals surface area contributed by atoms with Gasteiger partial charge >= 0.3 is 6.09 Å². The third-order valence-electron chi connectivity index (χ3n) is 3.85. The number of aryl methyl sites for hydroxylation is 1. The summed E-state index contributed by atoms with van der Waals surface area (Å²) in [5, 5.41) is 1.12. The predicted octanol–water partition coefficient (Wildman–Crippen LogP) is 3.02. The van der Waals surface area contributed by atoms with Crippen LogP contribution in [0.15, 0.2) is 30.3 Å². The summed E-state index contributed by atoms with van der Waals surface area (Å²) in [6.07, 6.45) is 1.88. The summed E-state index contributed by atoms with van der Waals surface area (Å²) in [7, 11) is 0. The van der Waals surface area contributed by atoms with Crippen molar-refractivity contribution >= 4 is 17.0 Å². The summed E-state index contributed by atoms with van der Waals surface area (Å²) in [4.78, 5) is 15.8. The molecule has 1 fully saturated rings. The highest BCUT2D eigenvalue weighted by Gasteiger charge is 2.44. The number of rotatable bonds is 2. The number of hydrogen-bond acceptors (Lipinski definition) is 3. The van der Waals surface area contributed by atoms with Crippen molar-refractivity contribution in [1.82, 2.24) is 4.98 Å². The second kappa shape index (κ2) is 4.23. The maximum absolute atomic E-state index is 11.1. The Morgan fingerprint density at radius 1 is 1.37 bits per heavy atom. The molecule has 0 spiro atoms. The number of nitrogens with zero attached hydrogens (tertiary/aromatic N) is 1. The maximum Gasteiger partial charge on any atom is 0.405 e. The Morgan fingerprint density at radius 3 is 2.74 bits per heavy atom. The molecule has 4 heteroatoms. The number of benzene rings is 1. The second-order valence-corrected chi connectivity index (χ2v) is 5.11. The zero-order valence-corrected chi connectivity index (χ0v) is 10.8. The van der Waals surface area contributed by atoms with Gasteiger partial charge < -0.3 is 10.5 Å². The molecule has 0 atom stereocenters. The van der Waals surface area contributed by atoms with Gasteiger partial charge in [0.1, 0.15) is 0 Å². The van der Waals surface area contributed by atoms with Gasteiger partial charge in [0.15, 0.2) is 5.60 Å². The van der Waals surface area contributed by atoms with E-state index in [4.69, 9.17) is 10.5 Å². The van der Waals surface area contributed by atoms with Gasteiger partial charge in [0, 0.05) is 5.39 Å². The van der Waals surface area contributed by atoms with E-state index in [-0.39, 0.29) is 0 Å². The molecule has 1 saturated carbocycles. The Bertz CT molecular complexity index is 648. The topological polar surface area (TPSA) is 65.2 Å². The van der Waals surface area contributed by atoms with Crippen molar-refractivity contribution in [3.8, 4) is 0 Å². The zero-order chi connectivity index (χ0) is 13.5. The standard InChI is InChI=1S/C15H16N2O2/c1-10-9-13(15(7-4-8-15)19-14(16)18)17-12-6-3-2-5-11(10)12/h2-3,5-6,9H,4,7-8H2,1H3,(H2,16,18). The molecule has 2 aromatic rings. The van der Waals surface area contributed by atoms with Gasteiger partial charge in [-0.15, -0.1) is 0 Å². The summed E-state index contributed by atoms with van der Waals surface area (Å²) in [6.45, 7) is 2.05. The minimum atomic E-state index is -0.729. The third kappa shape index (κ3) is 1.93. The number of aromatic nitrogens is 1. The molecule has 1 heterocycles. The number of para-hydroxylation sites is 1. The number of pyridine rings is 1. The minimum Gasteiger partial charge on any atom is -0.437 e. The highest BCUT2D eigenvalue weighted by atomic mass is 16.6. The third-order valence-corrected chi connectivity index (χ3v) is 3.85.